The number of likely N-dealkylation sites (N-methyl/N-ethyl adjacent to an activating group) is 1. The van der Waals surface area contributed by atoms with Gasteiger partial charge in [-0.05, 0) is 26.4 Å². The fourth-order valence-corrected chi connectivity index (χ4v) is 2.05. The summed E-state index contributed by atoms with van der Waals surface area (Å²) in [5.41, 5.74) is 5.91. The van der Waals surface area contributed by atoms with Crippen molar-refractivity contribution in [2.45, 2.75) is 38.6 Å². The van der Waals surface area contributed by atoms with E-state index in [4.69, 9.17) is 5.73 Å². The third kappa shape index (κ3) is 4.10. The number of hydrogen-bond acceptors (Lipinski definition) is 3. The lowest BCUT2D eigenvalue weighted by Gasteiger charge is -2.24. The monoisotopic (exact) mass is 227 g/mol. The third-order valence-electron chi connectivity index (χ3n) is 3.22. The van der Waals surface area contributed by atoms with Gasteiger partial charge in [0.15, 0.2) is 0 Å². The molecule has 0 aliphatic carbocycles. The Morgan fingerprint density at radius 2 is 2.06 bits per heavy atom. The molecule has 0 unspecified atom stereocenters. The van der Waals surface area contributed by atoms with Crippen molar-refractivity contribution in [3.05, 3.63) is 0 Å². The van der Waals surface area contributed by atoms with Crippen molar-refractivity contribution in [1.82, 2.24) is 9.80 Å². The Morgan fingerprint density at radius 3 is 2.75 bits per heavy atom. The van der Waals surface area contributed by atoms with Crippen LogP contribution in [-0.2, 0) is 4.79 Å². The van der Waals surface area contributed by atoms with Gasteiger partial charge in [0.2, 0.25) is 5.91 Å². The molecule has 0 radical (unpaired) electrons. The molecule has 0 aromatic rings. The van der Waals surface area contributed by atoms with E-state index < -0.39 is 0 Å². The highest BCUT2D eigenvalue weighted by atomic mass is 16.2. The zero-order chi connectivity index (χ0) is 12.0. The van der Waals surface area contributed by atoms with Gasteiger partial charge in [-0.2, -0.15) is 0 Å². The van der Waals surface area contributed by atoms with E-state index in [0.29, 0.717) is 0 Å². The van der Waals surface area contributed by atoms with Crippen molar-refractivity contribution in [1.29, 1.82) is 0 Å². The smallest absolute Gasteiger partial charge is 0.239 e. The minimum Gasteiger partial charge on any atom is -0.340 e. The first-order chi connectivity index (χ1) is 7.65. The van der Waals surface area contributed by atoms with Gasteiger partial charge in [-0.15, -0.1) is 0 Å². The van der Waals surface area contributed by atoms with Crippen molar-refractivity contribution in [2.75, 3.05) is 33.2 Å². The van der Waals surface area contributed by atoms with Crippen LogP contribution in [0, 0.1) is 0 Å². The number of nitrogens with zero attached hydrogens (tertiary/aromatic N) is 2. The second-order valence-corrected chi connectivity index (χ2v) is 4.73. The molecule has 0 saturated carbocycles. The van der Waals surface area contributed by atoms with Crippen LogP contribution >= 0.6 is 0 Å². The van der Waals surface area contributed by atoms with Gasteiger partial charge in [0.05, 0.1) is 6.04 Å². The first kappa shape index (κ1) is 13.5. The van der Waals surface area contributed by atoms with Crippen LogP contribution in [0.3, 0.4) is 0 Å². The normalized spacial score (nSPS) is 20.6. The predicted molar refractivity (Wildman–Crippen MR) is 66.2 cm³/mol. The van der Waals surface area contributed by atoms with Crippen LogP contribution in [0.2, 0.25) is 0 Å². The van der Waals surface area contributed by atoms with Crippen molar-refractivity contribution < 1.29 is 4.79 Å². The summed E-state index contributed by atoms with van der Waals surface area (Å²) < 4.78 is 0. The van der Waals surface area contributed by atoms with E-state index in [-0.39, 0.29) is 11.9 Å². The third-order valence-corrected chi connectivity index (χ3v) is 3.22. The standard InChI is InChI=1S/C12H25N3O/c1-3-4-6-11(13)12(16)15-8-5-7-14(2)9-10-15/h11H,3-10,13H2,1-2H3/t11-/m0/s1. The summed E-state index contributed by atoms with van der Waals surface area (Å²) >= 11 is 0. The molecule has 1 heterocycles. The first-order valence-corrected chi connectivity index (χ1v) is 6.38. The number of hydrogen-bond donors (Lipinski definition) is 1. The van der Waals surface area contributed by atoms with Crippen molar-refractivity contribution in [3.63, 3.8) is 0 Å². The molecule has 1 saturated heterocycles. The average Bonchev–Trinajstić information content (AvgIpc) is 2.50. The molecule has 2 N–H and O–H groups in total. The van der Waals surface area contributed by atoms with Gasteiger partial charge in [0.1, 0.15) is 0 Å². The van der Waals surface area contributed by atoms with Gasteiger partial charge in [-0.1, -0.05) is 19.8 Å². The summed E-state index contributed by atoms with van der Waals surface area (Å²) in [5.74, 6) is 0.142. The van der Waals surface area contributed by atoms with Gasteiger partial charge < -0.3 is 15.5 Å². The van der Waals surface area contributed by atoms with E-state index in [9.17, 15) is 4.79 Å². The molecule has 1 aliphatic heterocycles. The molecule has 0 aromatic heterocycles. The maximum absolute atomic E-state index is 12.0. The minimum absolute atomic E-state index is 0.142. The van der Waals surface area contributed by atoms with E-state index in [1.165, 1.54) is 0 Å². The molecule has 1 amide bonds. The maximum atomic E-state index is 12.0. The summed E-state index contributed by atoms with van der Waals surface area (Å²) in [7, 11) is 2.10. The van der Waals surface area contributed by atoms with E-state index in [1.807, 2.05) is 4.90 Å². The highest BCUT2D eigenvalue weighted by Crippen LogP contribution is 2.06. The summed E-state index contributed by atoms with van der Waals surface area (Å²) in [6, 6.07) is -0.289. The summed E-state index contributed by atoms with van der Waals surface area (Å²) in [5, 5.41) is 0. The number of amides is 1. The Bertz CT molecular complexity index is 220. The fourth-order valence-electron chi connectivity index (χ4n) is 2.05. The SMILES string of the molecule is CCCC[C@H](N)C(=O)N1CCCN(C)CC1. The summed E-state index contributed by atoms with van der Waals surface area (Å²) in [6.45, 7) is 5.86. The van der Waals surface area contributed by atoms with Crippen LogP contribution in [0.25, 0.3) is 0 Å². The molecule has 1 aliphatic rings. The van der Waals surface area contributed by atoms with Crippen LogP contribution in [0.1, 0.15) is 32.6 Å². The topological polar surface area (TPSA) is 49.6 Å². The van der Waals surface area contributed by atoms with Gasteiger partial charge in [0, 0.05) is 19.6 Å². The molecule has 0 bridgehead atoms. The minimum atomic E-state index is -0.289. The van der Waals surface area contributed by atoms with Crippen LogP contribution in [0.15, 0.2) is 0 Å². The second kappa shape index (κ2) is 6.86. The molecule has 0 aromatic carbocycles. The number of carbonyl (C=O) groups is 1. The Kier molecular flexibility index (Phi) is 5.77. The van der Waals surface area contributed by atoms with Gasteiger partial charge >= 0.3 is 0 Å². The molecule has 0 spiro atoms. The second-order valence-electron chi connectivity index (χ2n) is 4.73. The number of rotatable bonds is 4. The predicted octanol–water partition coefficient (Wildman–Crippen LogP) is 0.668. The quantitative estimate of drug-likeness (QED) is 0.768. The highest BCUT2D eigenvalue weighted by molar-refractivity contribution is 5.81. The van der Waals surface area contributed by atoms with Crippen molar-refractivity contribution in [3.8, 4) is 0 Å². The Labute approximate surface area is 98.8 Å². The van der Waals surface area contributed by atoms with Crippen LogP contribution in [0.5, 0.6) is 0 Å². The van der Waals surface area contributed by atoms with E-state index in [0.717, 1.165) is 51.9 Å². The van der Waals surface area contributed by atoms with Crippen molar-refractivity contribution in [2.24, 2.45) is 5.73 Å². The molecule has 1 rings (SSSR count). The highest BCUT2D eigenvalue weighted by Gasteiger charge is 2.22. The molecule has 1 atom stereocenters. The van der Waals surface area contributed by atoms with Crippen LogP contribution < -0.4 is 5.73 Å². The lowest BCUT2D eigenvalue weighted by Crippen LogP contribution is -2.45. The number of unbranched alkanes of at least 4 members (excludes halogenated alkanes) is 1. The van der Waals surface area contributed by atoms with Crippen molar-refractivity contribution >= 4 is 5.91 Å². The maximum Gasteiger partial charge on any atom is 0.239 e. The van der Waals surface area contributed by atoms with Crippen LogP contribution in [0.4, 0.5) is 0 Å². The van der Waals surface area contributed by atoms with Gasteiger partial charge in [-0.25, -0.2) is 0 Å². The first-order valence-electron chi connectivity index (χ1n) is 6.38. The molecular weight excluding hydrogens is 202 g/mol. The largest absolute Gasteiger partial charge is 0.340 e. The van der Waals surface area contributed by atoms with E-state index in [2.05, 4.69) is 18.9 Å². The zero-order valence-corrected chi connectivity index (χ0v) is 10.6. The average molecular weight is 227 g/mol. The molecule has 94 valence electrons. The number of nitrogens with two attached hydrogens (primary N) is 1. The zero-order valence-electron chi connectivity index (χ0n) is 10.6. The van der Waals surface area contributed by atoms with E-state index in [1.54, 1.807) is 0 Å². The molecule has 1 fully saturated rings. The van der Waals surface area contributed by atoms with Gasteiger partial charge in [-0.3, -0.25) is 4.79 Å². The van der Waals surface area contributed by atoms with E-state index >= 15 is 0 Å². The molecule has 4 nitrogen and oxygen atoms in total. The molecule has 4 heteroatoms. The lowest BCUT2D eigenvalue weighted by molar-refractivity contribution is -0.132. The Hall–Kier alpha value is -0.610. The fraction of sp³-hybridized carbons (Fsp3) is 0.917. The van der Waals surface area contributed by atoms with Crippen LogP contribution in [-0.4, -0.2) is 55.0 Å². The molecule has 16 heavy (non-hydrogen) atoms. The Morgan fingerprint density at radius 1 is 1.31 bits per heavy atom. The molecular formula is C12H25N3O. The number of carbonyl (C=O) groups excluding carboxylic acids is 1. The summed E-state index contributed by atoms with van der Waals surface area (Å²) in [6.07, 6.45) is 4.02. The Balaban J connectivity index is 2.39. The summed E-state index contributed by atoms with van der Waals surface area (Å²) in [4.78, 5) is 16.2. The van der Waals surface area contributed by atoms with Gasteiger partial charge in [0.25, 0.3) is 0 Å². The lowest BCUT2D eigenvalue weighted by atomic mass is 10.1.